The number of hydrogen-bond donors (Lipinski definition) is 7. The van der Waals surface area contributed by atoms with Crippen LogP contribution in [0, 0.1) is 0 Å². The van der Waals surface area contributed by atoms with Crippen LogP contribution >= 0.6 is 0 Å². The van der Waals surface area contributed by atoms with Crippen LogP contribution in [0.1, 0.15) is 12.8 Å². The van der Waals surface area contributed by atoms with Crippen LogP contribution in [0.2, 0.25) is 0 Å². The molecule has 2 atom stereocenters. The van der Waals surface area contributed by atoms with E-state index in [1.54, 1.807) is 0 Å². The van der Waals surface area contributed by atoms with Gasteiger partial charge in [-0.3, -0.25) is 14.4 Å². The summed E-state index contributed by atoms with van der Waals surface area (Å²) in [6.45, 7) is 0.0757. The lowest BCUT2D eigenvalue weighted by molar-refractivity contribution is -0.140. The molecule has 20 heavy (non-hydrogen) atoms. The number of nitrogens with one attached hydrogen (secondary N) is 1. The molecule has 0 aliphatic carbocycles. The van der Waals surface area contributed by atoms with Crippen molar-refractivity contribution in [2.75, 3.05) is 19.7 Å². The Balaban J connectivity index is 0. The van der Waals surface area contributed by atoms with Gasteiger partial charge in [-0.1, -0.05) is 0 Å². The van der Waals surface area contributed by atoms with Gasteiger partial charge in [0.05, 0.1) is 13.2 Å². The molecule has 0 aromatic rings. The lowest BCUT2D eigenvalue weighted by Crippen LogP contribution is -2.33. The molecule has 1 aliphatic rings. The van der Waals surface area contributed by atoms with E-state index in [1.807, 2.05) is 0 Å². The van der Waals surface area contributed by atoms with E-state index < -0.39 is 30.6 Å². The van der Waals surface area contributed by atoms with Gasteiger partial charge in [-0.15, -0.1) is 0 Å². The molecule has 0 radical (unpaired) electrons. The van der Waals surface area contributed by atoms with Crippen molar-refractivity contribution in [3.05, 3.63) is 0 Å². The summed E-state index contributed by atoms with van der Waals surface area (Å²) in [5.41, 5.74) is 9.34. The molecule has 1 unspecified atom stereocenters. The molecule has 1 rings (SSSR count). The summed E-state index contributed by atoms with van der Waals surface area (Å²) in [6.07, 6.45) is 1.78. The molecule has 10 heteroatoms. The second kappa shape index (κ2) is 12.3. The van der Waals surface area contributed by atoms with Crippen molar-refractivity contribution in [2.24, 2.45) is 11.5 Å². The number of nitrogens with two attached hydrogens (primary N) is 2. The number of aliphatic hydroxyl groups is 1. The quantitative estimate of drug-likeness (QED) is 0.285. The minimum atomic E-state index is -1.18. The van der Waals surface area contributed by atoms with Gasteiger partial charge in [0.25, 0.3) is 0 Å². The zero-order valence-electron chi connectivity index (χ0n) is 10.9. The molecule has 0 aromatic heterocycles. The molecule has 10 nitrogen and oxygen atoms in total. The van der Waals surface area contributed by atoms with E-state index in [-0.39, 0.29) is 12.6 Å². The van der Waals surface area contributed by atoms with E-state index in [1.165, 1.54) is 0 Å². The van der Waals surface area contributed by atoms with Gasteiger partial charge in [-0.05, 0) is 19.4 Å². The molecule has 0 saturated carbocycles. The Labute approximate surface area is 115 Å². The fraction of sp³-hybridized carbons (Fsp3) is 0.700. The Morgan fingerprint density at radius 1 is 1.25 bits per heavy atom. The van der Waals surface area contributed by atoms with Crippen molar-refractivity contribution >= 4 is 17.9 Å². The van der Waals surface area contributed by atoms with Gasteiger partial charge >= 0.3 is 17.9 Å². The van der Waals surface area contributed by atoms with Crippen molar-refractivity contribution < 1.29 is 34.8 Å². The molecule has 0 bridgehead atoms. The topological polar surface area (TPSA) is 196 Å². The largest absolute Gasteiger partial charge is 0.480 e. The fourth-order valence-electron chi connectivity index (χ4n) is 0.973. The highest BCUT2D eigenvalue weighted by Gasteiger charge is 2.20. The smallest absolute Gasteiger partial charge is 0.322 e. The van der Waals surface area contributed by atoms with Crippen LogP contribution < -0.4 is 16.8 Å². The summed E-state index contributed by atoms with van der Waals surface area (Å²) in [5.74, 6) is -2.87. The van der Waals surface area contributed by atoms with Gasteiger partial charge in [0.2, 0.25) is 0 Å². The van der Waals surface area contributed by atoms with E-state index in [2.05, 4.69) is 11.1 Å². The highest BCUT2D eigenvalue weighted by atomic mass is 16.4. The Morgan fingerprint density at radius 3 is 1.85 bits per heavy atom. The maximum atomic E-state index is 10.1. The van der Waals surface area contributed by atoms with Crippen LogP contribution in [0.25, 0.3) is 0 Å². The summed E-state index contributed by atoms with van der Waals surface area (Å²) in [7, 11) is 0. The van der Waals surface area contributed by atoms with Gasteiger partial charge in [-0.25, -0.2) is 0 Å². The van der Waals surface area contributed by atoms with Crippen molar-refractivity contribution in [3.8, 4) is 0 Å². The normalized spacial score (nSPS) is 17.9. The van der Waals surface area contributed by atoms with Crippen LogP contribution in [0.5, 0.6) is 0 Å². The molecule has 118 valence electrons. The minimum Gasteiger partial charge on any atom is -0.480 e. The SMILES string of the molecule is NC(CO)C(=O)O.NCC(=O)O.O=C(O)[C@@H]1CCCN1. The molecular weight excluding hydrogens is 274 g/mol. The average molecular weight is 295 g/mol. The molecule has 0 aromatic carbocycles. The first-order chi connectivity index (χ1) is 9.26. The van der Waals surface area contributed by atoms with Crippen molar-refractivity contribution in [1.82, 2.24) is 5.32 Å². The number of aliphatic hydroxyl groups excluding tert-OH is 1. The second-order valence-electron chi connectivity index (χ2n) is 3.71. The van der Waals surface area contributed by atoms with Crippen molar-refractivity contribution in [2.45, 2.75) is 24.9 Å². The molecule has 1 heterocycles. The van der Waals surface area contributed by atoms with Crippen LogP contribution in [-0.4, -0.2) is 70.1 Å². The summed E-state index contributed by atoms with van der Waals surface area (Å²) in [5, 5.41) is 34.7. The van der Waals surface area contributed by atoms with Crippen LogP contribution in [0.3, 0.4) is 0 Å². The van der Waals surface area contributed by atoms with Gasteiger partial charge in [0, 0.05) is 0 Å². The predicted octanol–water partition coefficient (Wildman–Crippen LogP) is -2.76. The third-order valence-corrected chi connectivity index (χ3v) is 2.05. The Bertz CT molecular complexity index is 305. The molecule has 0 amide bonds. The van der Waals surface area contributed by atoms with Gasteiger partial charge in [0.1, 0.15) is 12.1 Å². The summed E-state index contributed by atoms with van der Waals surface area (Å²) >= 11 is 0. The number of carbonyl (C=O) groups is 3. The molecular formula is C10H21N3O7. The first kappa shape index (κ1) is 20.6. The summed E-state index contributed by atoms with van der Waals surface area (Å²) in [4.78, 5) is 29.0. The molecule has 1 fully saturated rings. The zero-order chi connectivity index (χ0) is 16.1. The summed E-state index contributed by atoms with van der Waals surface area (Å²) in [6, 6.07) is -1.39. The number of aliphatic carboxylic acids is 3. The Morgan fingerprint density at radius 2 is 1.75 bits per heavy atom. The first-order valence-electron chi connectivity index (χ1n) is 5.73. The molecule has 1 saturated heterocycles. The maximum absolute atomic E-state index is 10.1. The van der Waals surface area contributed by atoms with Crippen LogP contribution in [0.4, 0.5) is 0 Å². The highest BCUT2D eigenvalue weighted by Crippen LogP contribution is 2.03. The van der Waals surface area contributed by atoms with Gasteiger partial charge < -0.3 is 37.2 Å². The number of carboxylic acid groups (broad SMARTS) is 3. The maximum Gasteiger partial charge on any atom is 0.322 e. The lowest BCUT2D eigenvalue weighted by atomic mass is 10.2. The van der Waals surface area contributed by atoms with Crippen LogP contribution in [0.15, 0.2) is 0 Å². The Kier molecular flexibility index (Phi) is 12.6. The third kappa shape index (κ3) is 12.7. The van der Waals surface area contributed by atoms with Crippen molar-refractivity contribution in [1.29, 1.82) is 0 Å². The van der Waals surface area contributed by atoms with Crippen LogP contribution in [-0.2, 0) is 14.4 Å². The molecule has 1 aliphatic heterocycles. The minimum absolute atomic E-state index is 0.269. The first-order valence-corrected chi connectivity index (χ1v) is 5.73. The van der Waals surface area contributed by atoms with E-state index in [9.17, 15) is 14.4 Å². The lowest BCUT2D eigenvalue weighted by Gasteiger charge is -1.99. The monoisotopic (exact) mass is 295 g/mol. The Hall–Kier alpha value is -1.75. The number of hydrogen-bond acceptors (Lipinski definition) is 7. The third-order valence-electron chi connectivity index (χ3n) is 2.05. The average Bonchev–Trinajstić information content (AvgIpc) is 2.93. The van der Waals surface area contributed by atoms with E-state index >= 15 is 0 Å². The second-order valence-corrected chi connectivity index (χ2v) is 3.71. The molecule has 9 N–H and O–H groups in total. The van der Waals surface area contributed by atoms with Gasteiger partial charge in [-0.2, -0.15) is 0 Å². The van der Waals surface area contributed by atoms with Gasteiger partial charge in [0.15, 0.2) is 0 Å². The summed E-state index contributed by atoms with van der Waals surface area (Å²) < 4.78 is 0. The highest BCUT2D eigenvalue weighted by molar-refractivity contribution is 5.73. The van der Waals surface area contributed by atoms with Crippen molar-refractivity contribution in [3.63, 3.8) is 0 Å². The molecule has 0 spiro atoms. The predicted molar refractivity (Wildman–Crippen MR) is 68.0 cm³/mol. The number of rotatable bonds is 4. The number of carboxylic acids is 3. The van der Waals surface area contributed by atoms with E-state index in [0.717, 1.165) is 19.4 Å². The fourth-order valence-corrected chi connectivity index (χ4v) is 0.973. The van der Waals surface area contributed by atoms with E-state index in [4.69, 9.17) is 26.2 Å². The standard InChI is InChI=1S/C5H9NO2.C3H7NO3.C2H5NO2/c7-5(8)4-2-1-3-6-4;4-2(1-5)3(6)7;3-1-2(4)5/h4,6H,1-3H2,(H,7,8);2,5H,1,4H2,(H,6,7);1,3H2,(H,4,5)/t4-;;/m0../s1. The zero-order valence-corrected chi connectivity index (χ0v) is 10.9. The van der Waals surface area contributed by atoms with E-state index in [0.29, 0.717) is 0 Å².